The Morgan fingerprint density at radius 3 is 2.60 bits per heavy atom. The van der Waals surface area contributed by atoms with Crippen LogP contribution in [-0.4, -0.2) is 73.5 Å². The molecule has 3 atom stereocenters. The third-order valence-corrected chi connectivity index (χ3v) is 10.6. The van der Waals surface area contributed by atoms with Gasteiger partial charge in [-0.3, -0.25) is 23.9 Å². The monoisotopic (exact) mass is 618 g/mol. The first-order chi connectivity index (χ1) is 19.9. The summed E-state index contributed by atoms with van der Waals surface area (Å²) in [7, 11) is -5.74. The molecule has 42 heavy (non-hydrogen) atoms. The number of hydrogen-bond donors (Lipinski definition) is 3. The van der Waals surface area contributed by atoms with Crippen molar-refractivity contribution in [2.75, 3.05) is 13.1 Å². The predicted molar refractivity (Wildman–Crippen MR) is 150 cm³/mol. The standard InChI is InChI=1S/C28H29F2N4O6PS/c29-28(30,41(38,39)40)19-6-9-23-17(11-19)12-24(42-23)25(35)32-21-5-1-4-20-7-8-22(34(20)26(21)36)27(37)33-14-18(15-33)16-3-2-10-31-13-16/h2-3,6,9-13,18,20-22H,1,4-5,7-8,14-15H2,(H,32,35)(H2,38,39,40)/t20-,21-,22-/m0/s1. The molecular weight excluding hydrogens is 589 g/mol. The lowest BCUT2D eigenvalue weighted by molar-refractivity contribution is -0.148. The van der Waals surface area contributed by atoms with Gasteiger partial charge in [-0.25, -0.2) is 0 Å². The molecule has 0 aliphatic carbocycles. The summed E-state index contributed by atoms with van der Waals surface area (Å²) >= 11 is 1.02. The Labute approximate surface area is 243 Å². The van der Waals surface area contributed by atoms with E-state index in [1.807, 2.05) is 12.1 Å². The summed E-state index contributed by atoms with van der Waals surface area (Å²) in [6, 6.07) is 6.91. The van der Waals surface area contributed by atoms with E-state index in [4.69, 9.17) is 9.79 Å². The molecule has 2 aromatic heterocycles. The van der Waals surface area contributed by atoms with Crippen LogP contribution < -0.4 is 5.32 Å². The lowest BCUT2D eigenvalue weighted by Crippen LogP contribution is -2.58. The van der Waals surface area contributed by atoms with Gasteiger partial charge in [-0.15, -0.1) is 11.3 Å². The van der Waals surface area contributed by atoms with Crippen molar-refractivity contribution in [3.8, 4) is 0 Å². The highest BCUT2D eigenvalue weighted by atomic mass is 32.1. The van der Waals surface area contributed by atoms with Crippen LogP contribution in [-0.2, 0) is 19.8 Å². The number of hydrogen-bond acceptors (Lipinski definition) is 6. The second kappa shape index (κ2) is 10.8. The molecule has 3 saturated heterocycles. The molecule has 6 rings (SSSR count). The number of alkyl halides is 2. The maximum absolute atomic E-state index is 14.2. The van der Waals surface area contributed by atoms with Crippen molar-refractivity contribution in [3.05, 3.63) is 64.8 Å². The predicted octanol–water partition coefficient (Wildman–Crippen LogP) is 3.79. The van der Waals surface area contributed by atoms with Crippen LogP contribution in [0.1, 0.15) is 58.8 Å². The molecule has 10 nitrogen and oxygen atoms in total. The Kier molecular flexibility index (Phi) is 7.41. The topological polar surface area (TPSA) is 140 Å². The zero-order chi connectivity index (χ0) is 29.8. The van der Waals surface area contributed by atoms with Gasteiger partial charge < -0.3 is 24.9 Å². The molecule has 3 aliphatic rings. The van der Waals surface area contributed by atoms with Crippen molar-refractivity contribution in [2.45, 2.75) is 61.8 Å². The summed E-state index contributed by atoms with van der Waals surface area (Å²) < 4.78 is 40.2. The van der Waals surface area contributed by atoms with Gasteiger partial charge in [-0.05, 0) is 67.3 Å². The Morgan fingerprint density at radius 1 is 1.10 bits per heavy atom. The number of nitrogens with zero attached hydrogens (tertiary/aromatic N) is 3. The molecule has 0 unspecified atom stereocenters. The number of thiophene rings is 1. The van der Waals surface area contributed by atoms with Crippen LogP contribution in [0.5, 0.6) is 0 Å². The fourth-order valence-electron chi connectivity index (χ4n) is 6.17. The van der Waals surface area contributed by atoms with E-state index >= 15 is 0 Å². The van der Waals surface area contributed by atoms with Crippen molar-refractivity contribution in [3.63, 3.8) is 0 Å². The van der Waals surface area contributed by atoms with E-state index in [1.54, 1.807) is 22.2 Å². The molecule has 0 radical (unpaired) electrons. The average Bonchev–Trinajstić information content (AvgIpc) is 3.52. The van der Waals surface area contributed by atoms with Crippen molar-refractivity contribution in [2.24, 2.45) is 0 Å². The second-order valence-electron chi connectivity index (χ2n) is 11.1. The third-order valence-electron chi connectivity index (χ3n) is 8.48. The van der Waals surface area contributed by atoms with Crippen molar-refractivity contribution >= 4 is 46.7 Å². The quantitative estimate of drug-likeness (QED) is 0.357. The van der Waals surface area contributed by atoms with Gasteiger partial charge in [-0.1, -0.05) is 12.1 Å². The van der Waals surface area contributed by atoms with Gasteiger partial charge in [-0.2, -0.15) is 8.78 Å². The van der Waals surface area contributed by atoms with E-state index in [0.29, 0.717) is 37.1 Å². The zero-order valence-corrected chi connectivity index (χ0v) is 24.1. The number of pyridine rings is 1. The minimum atomic E-state index is -5.74. The van der Waals surface area contributed by atoms with E-state index in [0.717, 1.165) is 41.9 Å². The number of benzene rings is 1. The van der Waals surface area contributed by atoms with Gasteiger partial charge in [0.2, 0.25) is 11.8 Å². The van der Waals surface area contributed by atoms with Gasteiger partial charge in [0, 0.05) is 47.7 Å². The first-order valence-corrected chi connectivity index (χ1v) is 16.2. The van der Waals surface area contributed by atoms with E-state index in [9.17, 15) is 27.7 Å². The number of likely N-dealkylation sites (tertiary alicyclic amines) is 1. The van der Waals surface area contributed by atoms with Gasteiger partial charge in [0.05, 0.1) is 4.88 Å². The van der Waals surface area contributed by atoms with Crippen molar-refractivity contribution < 1.29 is 37.5 Å². The first kappa shape index (κ1) is 28.9. The minimum Gasteiger partial charge on any atom is -0.340 e. The molecule has 222 valence electrons. The lowest BCUT2D eigenvalue weighted by Gasteiger charge is -2.42. The van der Waals surface area contributed by atoms with Gasteiger partial charge in [0.25, 0.3) is 5.91 Å². The molecule has 0 spiro atoms. The summed E-state index contributed by atoms with van der Waals surface area (Å²) in [5.74, 6) is -0.714. The summed E-state index contributed by atoms with van der Waals surface area (Å²) in [5, 5.41) is 3.02. The number of carbonyl (C=O) groups excluding carboxylic acids is 3. The smallest absolute Gasteiger partial charge is 0.340 e. The number of carbonyl (C=O) groups is 3. The minimum absolute atomic E-state index is 0.0674. The van der Waals surface area contributed by atoms with Crippen LogP contribution in [0.4, 0.5) is 8.78 Å². The summed E-state index contributed by atoms with van der Waals surface area (Å²) in [4.78, 5) is 66.3. The highest BCUT2D eigenvalue weighted by Gasteiger charge is 2.50. The van der Waals surface area contributed by atoms with Gasteiger partial charge in [0.15, 0.2) is 0 Å². The fourth-order valence-corrected chi connectivity index (χ4v) is 7.60. The van der Waals surface area contributed by atoms with E-state index < -0.39 is 36.8 Å². The lowest BCUT2D eigenvalue weighted by atomic mass is 9.92. The number of rotatable bonds is 6. The van der Waals surface area contributed by atoms with E-state index in [1.165, 1.54) is 12.1 Å². The molecule has 3 aliphatic heterocycles. The molecular formula is C28H29F2N4O6PS. The Hall–Kier alpha value is -3.25. The molecule has 14 heteroatoms. The van der Waals surface area contributed by atoms with Crippen LogP contribution in [0.25, 0.3) is 10.1 Å². The number of nitrogens with one attached hydrogen (secondary N) is 1. The summed E-state index contributed by atoms with van der Waals surface area (Å²) in [6.45, 7) is 1.14. The molecule has 1 aromatic carbocycles. The van der Waals surface area contributed by atoms with Gasteiger partial charge >= 0.3 is 13.3 Å². The molecule has 3 fully saturated rings. The SMILES string of the molecule is O=C(N[C@H]1CCC[C@H]2CC[C@@H](C(=O)N3CC(c4cccnc4)C3)N2C1=O)c1cc2cc(C(F)(F)P(=O)(O)O)ccc2s1. The van der Waals surface area contributed by atoms with Crippen LogP contribution in [0.3, 0.4) is 0 Å². The molecule has 3 amide bonds. The maximum atomic E-state index is 14.2. The van der Waals surface area contributed by atoms with Gasteiger partial charge in [0.1, 0.15) is 12.1 Å². The van der Waals surface area contributed by atoms with Crippen LogP contribution >= 0.6 is 18.9 Å². The molecule has 5 heterocycles. The number of fused-ring (bicyclic) bond motifs is 2. The molecule has 3 N–H and O–H groups in total. The second-order valence-corrected chi connectivity index (χ2v) is 13.9. The van der Waals surface area contributed by atoms with Crippen LogP contribution in [0.2, 0.25) is 0 Å². The highest BCUT2D eigenvalue weighted by molar-refractivity contribution is 7.52. The Balaban J connectivity index is 1.15. The Bertz CT molecular complexity index is 1590. The van der Waals surface area contributed by atoms with Crippen molar-refractivity contribution in [1.29, 1.82) is 0 Å². The maximum Gasteiger partial charge on any atom is 0.399 e. The van der Waals surface area contributed by atoms with E-state index in [2.05, 4.69) is 10.3 Å². The van der Waals surface area contributed by atoms with Crippen LogP contribution in [0.15, 0.2) is 48.8 Å². The largest absolute Gasteiger partial charge is 0.399 e. The molecule has 0 bridgehead atoms. The third kappa shape index (κ3) is 5.12. The Morgan fingerprint density at radius 2 is 1.88 bits per heavy atom. The number of amides is 3. The number of halogens is 2. The molecule has 3 aromatic rings. The number of aromatic nitrogens is 1. The van der Waals surface area contributed by atoms with E-state index in [-0.39, 0.29) is 34.0 Å². The highest BCUT2D eigenvalue weighted by Crippen LogP contribution is 2.59. The first-order valence-electron chi connectivity index (χ1n) is 13.7. The fraction of sp³-hybridized carbons (Fsp3) is 0.429. The normalized spacial score (nSPS) is 23.4. The zero-order valence-electron chi connectivity index (χ0n) is 22.4. The van der Waals surface area contributed by atoms with Crippen LogP contribution in [0, 0.1) is 0 Å². The van der Waals surface area contributed by atoms with Crippen molar-refractivity contribution in [1.82, 2.24) is 20.1 Å². The molecule has 0 saturated carbocycles. The summed E-state index contributed by atoms with van der Waals surface area (Å²) in [5.41, 5.74) is -4.14. The average molecular weight is 619 g/mol. The summed E-state index contributed by atoms with van der Waals surface area (Å²) in [6.07, 6.45) is 6.64.